The van der Waals surface area contributed by atoms with Crippen LogP contribution in [0.1, 0.15) is 17.3 Å². The molecule has 0 aliphatic rings. The number of nitrogens with one attached hydrogen (secondary N) is 1. The lowest BCUT2D eigenvalue weighted by Crippen LogP contribution is -2.29. The molecule has 0 saturated carbocycles. The van der Waals surface area contributed by atoms with E-state index in [1.165, 1.54) is 0 Å². The minimum atomic E-state index is 0.0114. The molecule has 0 fully saturated rings. The van der Waals surface area contributed by atoms with Crippen molar-refractivity contribution in [3.8, 4) is 0 Å². The Morgan fingerprint density at radius 1 is 1.05 bits per heavy atom. The highest BCUT2D eigenvalue weighted by Gasteiger charge is 2.11. The highest BCUT2D eigenvalue weighted by molar-refractivity contribution is 5.78. The van der Waals surface area contributed by atoms with Crippen LogP contribution in [0.25, 0.3) is 10.9 Å². The first-order valence-electron chi connectivity index (χ1n) is 6.57. The molecule has 0 spiro atoms. The SMILES string of the molecule is NNC(Cc1ccc2ccccc2n1)c1cccnc1. The van der Waals surface area contributed by atoms with Crippen LogP contribution in [0.4, 0.5) is 0 Å². The molecule has 0 saturated heterocycles. The molecule has 4 heteroatoms. The fourth-order valence-corrected chi connectivity index (χ4v) is 2.29. The molecule has 4 nitrogen and oxygen atoms in total. The molecule has 0 aliphatic heterocycles. The number of pyridine rings is 2. The van der Waals surface area contributed by atoms with Crippen LogP contribution in [0, 0.1) is 0 Å². The highest BCUT2D eigenvalue weighted by atomic mass is 15.2. The van der Waals surface area contributed by atoms with Crippen LogP contribution in [0.15, 0.2) is 60.9 Å². The predicted molar refractivity (Wildman–Crippen MR) is 79.7 cm³/mol. The summed E-state index contributed by atoms with van der Waals surface area (Å²) in [5, 5.41) is 1.15. The number of hydrogen-bond acceptors (Lipinski definition) is 4. The van der Waals surface area contributed by atoms with Crippen molar-refractivity contribution in [2.24, 2.45) is 5.84 Å². The normalized spacial score (nSPS) is 12.4. The summed E-state index contributed by atoms with van der Waals surface area (Å²) in [7, 11) is 0. The summed E-state index contributed by atoms with van der Waals surface area (Å²) >= 11 is 0. The van der Waals surface area contributed by atoms with Crippen molar-refractivity contribution in [2.45, 2.75) is 12.5 Å². The lowest BCUT2D eigenvalue weighted by molar-refractivity contribution is 0.545. The van der Waals surface area contributed by atoms with Gasteiger partial charge in [0.05, 0.1) is 11.6 Å². The van der Waals surface area contributed by atoms with Crippen LogP contribution in [-0.4, -0.2) is 9.97 Å². The molecule has 0 bridgehead atoms. The molecule has 100 valence electrons. The van der Waals surface area contributed by atoms with Gasteiger partial charge in [0, 0.05) is 29.9 Å². The second kappa shape index (κ2) is 5.77. The van der Waals surface area contributed by atoms with Crippen molar-refractivity contribution in [1.29, 1.82) is 0 Å². The van der Waals surface area contributed by atoms with Crippen LogP contribution in [-0.2, 0) is 6.42 Å². The van der Waals surface area contributed by atoms with Crippen molar-refractivity contribution in [3.05, 3.63) is 72.2 Å². The fraction of sp³-hybridized carbons (Fsp3) is 0.125. The van der Waals surface area contributed by atoms with Crippen LogP contribution in [0.2, 0.25) is 0 Å². The first-order valence-corrected chi connectivity index (χ1v) is 6.57. The Labute approximate surface area is 117 Å². The largest absolute Gasteiger partial charge is 0.271 e. The van der Waals surface area contributed by atoms with Crippen LogP contribution >= 0.6 is 0 Å². The molecule has 1 unspecified atom stereocenters. The van der Waals surface area contributed by atoms with Crippen molar-refractivity contribution in [1.82, 2.24) is 15.4 Å². The number of hydrogen-bond donors (Lipinski definition) is 2. The summed E-state index contributed by atoms with van der Waals surface area (Å²) in [6.45, 7) is 0. The number of fused-ring (bicyclic) bond motifs is 1. The molecule has 1 aromatic carbocycles. The number of para-hydroxylation sites is 1. The molecule has 0 amide bonds. The summed E-state index contributed by atoms with van der Waals surface area (Å²) in [5.41, 5.74) is 5.91. The van der Waals surface area contributed by atoms with Gasteiger partial charge in [-0.3, -0.25) is 21.2 Å². The zero-order chi connectivity index (χ0) is 13.8. The number of rotatable bonds is 4. The average molecular weight is 264 g/mol. The van der Waals surface area contributed by atoms with Gasteiger partial charge >= 0.3 is 0 Å². The average Bonchev–Trinajstić information content (AvgIpc) is 2.53. The predicted octanol–water partition coefficient (Wildman–Crippen LogP) is 2.38. The Morgan fingerprint density at radius 2 is 1.95 bits per heavy atom. The van der Waals surface area contributed by atoms with Gasteiger partial charge in [-0.05, 0) is 23.8 Å². The molecule has 0 radical (unpaired) electrons. The molecule has 2 aromatic heterocycles. The minimum Gasteiger partial charge on any atom is -0.271 e. The van der Waals surface area contributed by atoms with Gasteiger partial charge in [-0.25, -0.2) is 0 Å². The molecule has 2 heterocycles. The third kappa shape index (κ3) is 2.66. The lowest BCUT2D eigenvalue weighted by atomic mass is 10.0. The van der Waals surface area contributed by atoms with Gasteiger partial charge < -0.3 is 0 Å². The first kappa shape index (κ1) is 12.7. The van der Waals surface area contributed by atoms with E-state index in [2.05, 4.69) is 27.5 Å². The number of benzene rings is 1. The molecule has 1 atom stereocenters. The van der Waals surface area contributed by atoms with E-state index >= 15 is 0 Å². The van der Waals surface area contributed by atoms with Gasteiger partial charge in [0.15, 0.2) is 0 Å². The number of nitrogens with two attached hydrogens (primary N) is 1. The Bertz CT molecular complexity index is 697. The van der Waals surface area contributed by atoms with Gasteiger partial charge in [-0.15, -0.1) is 0 Å². The van der Waals surface area contributed by atoms with E-state index in [9.17, 15) is 0 Å². The Morgan fingerprint density at radius 3 is 2.75 bits per heavy atom. The van der Waals surface area contributed by atoms with Gasteiger partial charge in [0.25, 0.3) is 0 Å². The molecule has 3 aromatic rings. The maximum absolute atomic E-state index is 5.66. The number of aromatic nitrogens is 2. The van der Waals surface area contributed by atoms with E-state index in [1.54, 1.807) is 6.20 Å². The first-order chi connectivity index (χ1) is 9.86. The smallest absolute Gasteiger partial charge is 0.0705 e. The zero-order valence-electron chi connectivity index (χ0n) is 11.0. The van der Waals surface area contributed by atoms with Crippen molar-refractivity contribution in [3.63, 3.8) is 0 Å². The van der Waals surface area contributed by atoms with E-state index in [1.807, 2.05) is 42.6 Å². The summed E-state index contributed by atoms with van der Waals surface area (Å²) < 4.78 is 0. The maximum Gasteiger partial charge on any atom is 0.0705 e. The van der Waals surface area contributed by atoms with Gasteiger partial charge in [-0.1, -0.05) is 30.3 Å². The van der Waals surface area contributed by atoms with Crippen LogP contribution < -0.4 is 11.3 Å². The number of nitrogens with zero attached hydrogens (tertiary/aromatic N) is 2. The zero-order valence-corrected chi connectivity index (χ0v) is 11.0. The quantitative estimate of drug-likeness (QED) is 0.561. The standard InChI is InChI=1S/C16H16N4/c17-20-16(13-5-3-9-18-11-13)10-14-8-7-12-4-1-2-6-15(12)19-14/h1-9,11,16,20H,10,17H2. The van der Waals surface area contributed by atoms with Crippen LogP contribution in [0.5, 0.6) is 0 Å². The second-order valence-corrected chi connectivity index (χ2v) is 4.71. The lowest BCUT2D eigenvalue weighted by Gasteiger charge is -2.15. The van der Waals surface area contributed by atoms with E-state index < -0.39 is 0 Å². The molecule has 3 rings (SSSR count). The van der Waals surface area contributed by atoms with Crippen molar-refractivity contribution >= 4 is 10.9 Å². The Balaban J connectivity index is 1.87. The summed E-state index contributed by atoms with van der Waals surface area (Å²) in [4.78, 5) is 8.80. The maximum atomic E-state index is 5.66. The van der Waals surface area contributed by atoms with E-state index in [4.69, 9.17) is 5.84 Å². The molecular formula is C16H16N4. The molecule has 3 N–H and O–H groups in total. The Hall–Kier alpha value is -2.30. The van der Waals surface area contributed by atoms with Crippen LogP contribution in [0.3, 0.4) is 0 Å². The number of hydrazine groups is 1. The second-order valence-electron chi connectivity index (χ2n) is 4.71. The Kier molecular flexibility index (Phi) is 3.67. The van der Waals surface area contributed by atoms with Gasteiger partial charge in [-0.2, -0.15) is 0 Å². The van der Waals surface area contributed by atoms with E-state index in [0.29, 0.717) is 0 Å². The third-order valence-electron chi connectivity index (χ3n) is 3.36. The molecule has 0 aliphatic carbocycles. The van der Waals surface area contributed by atoms with Gasteiger partial charge in [0.1, 0.15) is 0 Å². The third-order valence-corrected chi connectivity index (χ3v) is 3.36. The van der Waals surface area contributed by atoms with E-state index in [0.717, 1.165) is 28.6 Å². The fourth-order valence-electron chi connectivity index (χ4n) is 2.29. The summed E-state index contributed by atoms with van der Waals surface area (Å²) in [6.07, 6.45) is 4.31. The monoisotopic (exact) mass is 264 g/mol. The molecule has 20 heavy (non-hydrogen) atoms. The highest BCUT2D eigenvalue weighted by Crippen LogP contribution is 2.18. The summed E-state index contributed by atoms with van der Waals surface area (Å²) in [6, 6.07) is 16.2. The van der Waals surface area contributed by atoms with Crippen molar-refractivity contribution < 1.29 is 0 Å². The van der Waals surface area contributed by atoms with Crippen molar-refractivity contribution in [2.75, 3.05) is 0 Å². The van der Waals surface area contributed by atoms with E-state index in [-0.39, 0.29) is 6.04 Å². The molecular weight excluding hydrogens is 248 g/mol. The topological polar surface area (TPSA) is 63.8 Å². The minimum absolute atomic E-state index is 0.0114. The summed E-state index contributed by atoms with van der Waals surface area (Å²) in [5.74, 6) is 5.66. The van der Waals surface area contributed by atoms with Gasteiger partial charge in [0.2, 0.25) is 0 Å².